The molecule has 0 aliphatic heterocycles. The van der Waals surface area contributed by atoms with Crippen LogP contribution in [0.3, 0.4) is 0 Å². The summed E-state index contributed by atoms with van der Waals surface area (Å²) < 4.78 is 37.6. The second-order valence-electron chi connectivity index (χ2n) is 3.02. The normalized spacial score (nSPS) is 11.1. The molecule has 2 rings (SSSR count). The standard InChI is InChI=1S/C9H6BF3N.K/c11-10(12,13)9-6-14-5-7-3-1-2-4-8(7)9;/h1-6H;/q-1;+1. The number of rotatable bonds is 1. The first-order chi connectivity index (χ1) is 6.59. The number of aromatic nitrogens is 1. The third kappa shape index (κ3) is 2.82. The number of hydrogen-bond donors (Lipinski definition) is 0. The van der Waals surface area contributed by atoms with Gasteiger partial charge in [0.25, 0.3) is 0 Å². The van der Waals surface area contributed by atoms with Gasteiger partial charge in [0, 0.05) is 12.4 Å². The molecule has 0 radical (unpaired) electrons. The predicted octanol–water partition coefficient (Wildman–Crippen LogP) is -0.707. The SMILES string of the molecule is F[B-](F)(F)c1cncc2ccccc12.[K+]. The summed E-state index contributed by atoms with van der Waals surface area (Å²) in [4.78, 5) is 3.57. The molecule has 0 spiro atoms. The number of fused-ring (bicyclic) bond motifs is 1. The molecule has 0 atom stereocenters. The van der Waals surface area contributed by atoms with Crippen molar-refractivity contribution in [3.8, 4) is 0 Å². The summed E-state index contributed by atoms with van der Waals surface area (Å²) in [5, 5.41) is 0.735. The topological polar surface area (TPSA) is 12.9 Å². The predicted molar refractivity (Wildman–Crippen MR) is 50.5 cm³/mol. The third-order valence-corrected chi connectivity index (χ3v) is 2.05. The zero-order chi connectivity index (χ0) is 10.2. The summed E-state index contributed by atoms with van der Waals surface area (Å²) in [6, 6.07) is 6.36. The smallest absolute Gasteiger partial charge is 0.445 e. The maximum absolute atomic E-state index is 12.5. The molecule has 0 fully saturated rings. The van der Waals surface area contributed by atoms with E-state index in [0.717, 1.165) is 6.20 Å². The van der Waals surface area contributed by atoms with Crippen LogP contribution in [0.1, 0.15) is 0 Å². The van der Waals surface area contributed by atoms with E-state index in [-0.39, 0.29) is 56.8 Å². The van der Waals surface area contributed by atoms with Crippen LogP contribution in [0.5, 0.6) is 0 Å². The van der Waals surface area contributed by atoms with Gasteiger partial charge in [-0.05, 0) is 10.8 Å². The van der Waals surface area contributed by atoms with Crippen molar-refractivity contribution in [2.75, 3.05) is 0 Å². The third-order valence-electron chi connectivity index (χ3n) is 2.05. The minimum absolute atomic E-state index is 0. The first kappa shape index (κ1) is 13.2. The van der Waals surface area contributed by atoms with Crippen molar-refractivity contribution in [3.05, 3.63) is 36.7 Å². The van der Waals surface area contributed by atoms with Crippen LogP contribution in [0.25, 0.3) is 10.8 Å². The minimum Gasteiger partial charge on any atom is -0.445 e. The van der Waals surface area contributed by atoms with Crippen molar-refractivity contribution in [2.24, 2.45) is 0 Å². The molecule has 0 aliphatic rings. The average molecular weight is 235 g/mol. The molecular formula is C9H6BF3KN. The van der Waals surface area contributed by atoms with E-state index in [2.05, 4.69) is 4.98 Å². The summed E-state index contributed by atoms with van der Waals surface area (Å²) in [6.07, 6.45) is 2.31. The Balaban J connectivity index is 0.00000112. The van der Waals surface area contributed by atoms with Crippen molar-refractivity contribution in [1.82, 2.24) is 4.98 Å². The molecule has 0 bridgehead atoms. The Hall–Kier alpha value is 0.121. The Morgan fingerprint density at radius 1 is 1.00 bits per heavy atom. The Bertz CT molecular complexity index is 467. The molecule has 1 heterocycles. The van der Waals surface area contributed by atoms with Crippen LogP contribution in [-0.4, -0.2) is 12.0 Å². The van der Waals surface area contributed by atoms with E-state index in [4.69, 9.17) is 0 Å². The van der Waals surface area contributed by atoms with Crippen LogP contribution in [0, 0.1) is 0 Å². The van der Waals surface area contributed by atoms with Crippen LogP contribution >= 0.6 is 0 Å². The number of benzene rings is 1. The van der Waals surface area contributed by atoms with Gasteiger partial charge in [-0.15, -0.1) is 0 Å². The first-order valence-electron chi connectivity index (χ1n) is 4.11. The summed E-state index contributed by atoms with van der Waals surface area (Å²) in [6.45, 7) is -4.98. The van der Waals surface area contributed by atoms with Gasteiger partial charge in [-0.25, -0.2) is 0 Å². The molecule has 72 valence electrons. The molecule has 6 heteroatoms. The van der Waals surface area contributed by atoms with Gasteiger partial charge in [0.1, 0.15) is 0 Å². The monoisotopic (exact) mass is 235 g/mol. The molecule has 0 saturated carbocycles. The van der Waals surface area contributed by atoms with Crippen LogP contribution in [0.4, 0.5) is 12.9 Å². The number of pyridine rings is 1. The zero-order valence-electron chi connectivity index (χ0n) is 8.12. The molecular weight excluding hydrogens is 229 g/mol. The number of halogens is 3. The largest absolute Gasteiger partial charge is 1.00 e. The Labute approximate surface area is 128 Å². The van der Waals surface area contributed by atoms with E-state index in [9.17, 15) is 12.9 Å². The van der Waals surface area contributed by atoms with Crippen molar-refractivity contribution in [3.63, 3.8) is 0 Å². The molecule has 0 unspecified atom stereocenters. The summed E-state index contributed by atoms with van der Waals surface area (Å²) in [5.41, 5.74) is -0.622. The Morgan fingerprint density at radius 3 is 2.33 bits per heavy atom. The van der Waals surface area contributed by atoms with Crippen LogP contribution < -0.4 is 56.8 Å². The summed E-state index contributed by atoms with van der Waals surface area (Å²) in [7, 11) is 0. The molecule has 0 saturated heterocycles. The van der Waals surface area contributed by atoms with Crippen molar-refractivity contribution >= 4 is 23.2 Å². The van der Waals surface area contributed by atoms with E-state index in [1.165, 1.54) is 12.3 Å². The van der Waals surface area contributed by atoms with Crippen molar-refractivity contribution < 1.29 is 64.3 Å². The van der Waals surface area contributed by atoms with Gasteiger partial charge in [0.2, 0.25) is 0 Å². The molecule has 0 N–H and O–H groups in total. The van der Waals surface area contributed by atoms with Crippen LogP contribution in [-0.2, 0) is 0 Å². The minimum atomic E-state index is -4.98. The molecule has 1 aromatic carbocycles. The Kier molecular flexibility index (Phi) is 4.37. The fourth-order valence-corrected chi connectivity index (χ4v) is 1.40. The van der Waals surface area contributed by atoms with Gasteiger partial charge in [-0.2, -0.15) is 0 Å². The molecule has 0 aliphatic carbocycles. The van der Waals surface area contributed by atoms with Crippen LogP contribution in [0.2, 0.25) is 0 Å². The van der Waals surface area contributed by atoms with Gasteiger partial charge >= 0.3 is 58.4 Å². The van der Waals surface area contributed by atoms with E-state index in [1.54, 1.807) is 18.2 Å². The van der Waals surface area contributed by atoms with E-state index in [0.29, 0.717) is 5.39 Å². The average Bonchev–Trinajstić information content (AvgIpc) is 2.15. The molecule has 1 nitrogen and oxygen atoms in total. The fraction of sp³-hybridized carbons (Fsp3) is 0. The van der Waals surface area contributed by atoms with Gasteiger partial charge in [0.15, 0.2) is 0 Å². The molecule has 15 heavy (non-hydrogen) atoms. The number of hydrogen-bond acceptors (Lipinski definition) is 1. The van der Waals surface area contributed by atoms with E-state index < -0.39 is 12.4 Å². The van der Waals surface area contributed by atoms with Gasteiger partial charge in [-0.3, -0.25) is 4.98 Å². The molecule has 0 amide bonds. The number of nitrogens with zero attached hydrogens (tertiary/aromatic N) is 1. The maximum Gasteiger partial charge on any atom is 1.00 e. The van der Waals surface area contributed by atoms with Crippen LogP contribution in [0.15, 0.2) is 36.7 Å². The van der Waals surface area contributed by atoms with Gasteiger partial charge in [-0.1, -0.05) is 29.7 Å². The molecule has 1 aromatic heterocycles. The maximum atomic E-state index is 12.5. The van der Waals surface area contributed by atoms with E-state index >= 15 is 0 Å². The first-order valence-corrected chi connectivity index (χ1v) is 4.11. The second kappa shape index (κ2) is 4.97. The Morgan fingerprint density at radius 2 is 1.67 bits per heavy atom. The summed E-state index contributed by atoms with van der Waals surface area (Å²) >= 11 is 0. The quantitative estimate of drug-likeness (QED) is 0.595. The zero-order valence-corrected chi connectivity index (χ0v) is 11.2. The van der Waals surface area contributed by atoms with E-state index in [1.807, 2.05) is 0 Å². The second-order valence-corrected chi connectivity index (χ2v) is 3.02. The van der Waals surface area contributed by atoms with Gasteiger partial charge in [0.05, 0.1) is 0 Å². The molecule has 2 aromatic rings. The van der Waals surface area contributed by atoms with Crippen molar-refractivity contribution in [1.29, 1.82) is 0 Å². The van der Waals surface area contributed by atoms with Gasteiger partial charge < -0.3 is 12.9 Å². The van der Waals surface area contributed by atoms with Crippen molar-refractivity contribution in [2.45, 2.75) is 0 Å². The fourth-order valence-electron chi connectivity index (χ4n) is 1.40. The summed E-state index contributed by atoms with van der Waals surface area (Å²) in [5.74, 6) is 0.